The molecule has 8 nitrogen and oxygen atoms in total. The Labute approximate surface area is 123 Å². The van der Waals surface area contributed by atoms with Gasteiger partial charge < -0.3 is 0 Å². The molecular formula is C12H7N7OS. The van der Waals surface area contributed by atoms with Crippen LogP contribution in [0.25, 0.3) is 11.3 Å². The molecule has 0 aliphatic heterocycles. The van der Waals surface area contributed by atoms with Crippen molar-refractivity contribution in [1.82, 2.24) is 15.2 Å². The molecule has 3 N–H and O–H groups in total. The number of hydrazone groups is 1. The number of para-hydroxylation sites is 1. The number of hydrogen-bond acceptors (Lipinski definition) is 7. The Hall–Kier alpha value is -3.30. The van der Waals surface area contributed by atoms with Gasteiger partial charge in [0.15, 0.2) is 10.5 Å². The summed E-state index contributed by atoms with van der Waals surface area (Å²) in [6.07, 6.45) is 0. The zero-order valence-corrected chi connectivity index (χ0v) is 11.2. The lowest BCUT2D eigenvalue weighted by Gasteiger charge is -2.06. The molecule has 102 valence electrons. The molecular weight excluding hydrogens is 290 g/mol. The van der Waals surface area contributed by atoms with Crippen LogP contribution in [0.5, 0.6) is 0 Å². The Kier molecular flexibility index (Phi) is 4.19. The first kappa shape index (κ1) is 14.1. The van der Waals surface area contributed by atoms with Crippen LogP contribution in [0, 0.1) is 27.4 Å². The third kappa shape index (κ3) is 3.18. The van der Waals surface area contributed by atoms with Gasteiger partial charge in [-0.15, -0.1) is 0 Å². The van der Waals surface area contributed by atoms with Gasteiger partial charge in [-0.3, -0.25) is 20.3 Å². The maximum absolute atomic E-state index is 11.9. The van der Waals surface area contributed by atoms with Crippen LogP contribution < -0.4 is 11.0 Å². The first-order valence-electron chi connectivity index (χ1n) is 5.58. The van der Waals surface area contributed by atoms with E-state index in [1.165, 1.54) is 0 Å². The van der Waals surface area contributed by atoms with E-state index in [9.17, 15) is 4.79 Å². The van der Waals surface area contributed by atoms with Crippen LogP contribution in [-0.4, -0.2) is 20.9 Å². The summed E-state index contributed by atoms with van der Waals surface area (Å²) in [4.78, 5) is 14.3. The normalized spacial score (nSPS) is 9.24. The Morgan fingerprint density at radius 1 is 1.33 bits per heavy atom. The lowest BCUT2D eigenvalue weighted by atomic mass is 10.1. The van der Waals surface area contributed by atoms with E-state index in [-0.39, 0.29) is 16.2 Å². The number of aromatic nitrogens is 3. The first-order valence-corrected chi connectivity index (χ1v) is 5.99. The molecule has 1 aromatic carbocycles. The van der Waals surface area contributed by atoms with Crippen molar-refractivity contribution in [2.75, 3.05) is 5.43 Å². The molecule has 0 aliphatic carbocycles. The van der Waals surface area contributed by atoms with Crippen molar-refractivity contribution in [3.63, 3.8) is 0 Å². The molecule has 0 amide bonds. The highest BCUT2D eigenvalue weighted by atomic mass is 32.1. The molecule has 0 radical (unpaired) electrons. The van der Waals surface area contributed by atoms with E-state index in [0.717, 1.165) is 0 Å². The third-order valence-electron chi connectivity index (χ3n) is 2.39. The number of hydrogen-bond donors (Lipinski definition) is 3. The molecule has 1 aromatic heterocycles. The molecule has 0 aliphatic rings. The lowest BCUT2D eigenvalue weighted by Crippen LogP contribution is -2.13. The maximum Gasteiger partial charge on any atom is 0.278 e. The second-order valence-electron chi connectivity index (χ2n) is 3.70. The summed E-state index contributed by atoms with van der Waals surface area (Å²) in [5.74, 6) is 0. The van der Waals surface area contributed by atoms with Crippen molar-refractivity contribution < 1.29 is 0 Å². The van der Waals surface area contributed by atoms with Gasteiger partial charge in [-0.25, -0.2) is 0 Å². The highest BCUT2D eigenvalue weighted by Gasteiger charge is 2.10. The predicted octanol–water partition coefficient (Wildman–Crippen LogP) is 1.31. The molecule has 0 saturated heterocycles. The summed E-state index contributed by atoms with van der Waals surface area (Å²) in [7, 11) is 0. The third-order valence-corrected chi connectivity index (χ3v) is 2.59. The minimum absolute atomic E-state index is 0.109. The number of nitrogens with one attached hydrogen (secondary N) is 3. The molecule has 2 rings (SSSR count). The fourth-order valence-electron chi connectivity index (χ4n) is 1.51. The Bertz CT molecular complexity index is 881. The molecule has 0 spiro atoms. The number of aromatic amines is 2. The van der Waals surface area contributed by atoms with Gasteiger partial charge in [0.25, 0.3) is 5.56 Å². The molecule has 1 heterocycles. The fourth-order valence-corrected chi connectivity index (χ4v) is 1.65. The summed E-state index contributed by atoms with van der Waals surface area (Å²) in [6.45, 7) is 0. The van der Waals surface area contributed by atoms with Gasteiger partial charge in [0, 0.05) is 5.56 Å². The van der Waals surface area contributed by atoms with E-state index < -0.39 is 5.56 Å². The summed E-state index contributed by atoms with van der Waals surface area (Å²) < 4.78 is 0.114. The van der Waals surface area contributed by atoms with Crippen molar-refractivity contribution in [3.05, 3.63) is 39.4 Å². The summed E-state index contributed by atoms with van der Waals surface area (Å²) >= 11 is 4.78. The molecule has 0 fully saturated rings. The molecule has 0 atom stereocenters. The molecule has 2 aromatic rings. The second kappa shape index (κ2) is 6.23. The maximum atomic E-state index is 11.9. The van der Waals surface area contributed by atoms with E-state index in [2.05, 4.69) is 25.7 Å². The van der Waals surface area contributed by atoms with Crippen LogP contribution in [0.3, 0.4) is 0 Å². The van der Waals surface area contributed by atoms with Crippen molar-refractivity contribution in [3.8, 4) is 23.4 Å². The van der Waals surface area contributed by atoms with E-state index >= 15 is 0 Å². The topological polar surface area (TPSA) is 134 Å². The summed E-state index contributed by atoms with van der Waals surface area (Å²) in [5.41, 5.74) is 2.75. The zero-order valence-electron chi connectivity index (χ0n) is 10.4. The van der Waals surface area contributed by atoms with Crippen LogP contribution in [0.4, 0.5) is 5.69 Å². The lowest BCUT2D eigenvalue weighted by molar-refractivity contribution is 0.932. The largest absolute Gasteiger partial charge is 0.296 e. The van der Waals surface area contributed by atoms with Crippen molar-refractivity contribution in [1.29, 1.82) is 10.5 Å². The zero-order chi connectivity index (χ0) is 15.2. The van der Waals surface area contributed by atoms with E-state index in [0.29, 0.717) is 11.3 Å². The minimum atomic E-state index is -0.460. The average molecular weight is 297 g/mol. The van der Waals surface area contributed by atoms with Crippen LogP contribution in [-0.2, 0) is 0 Å². The Balaban J connectivity index is 2.50. The summed E-state index contributed by atoms with van der Waals surface area (Å²) in [6, 6.07) is 9.94. The number of H-pyrrole nitrogens is 2. The molecule has 0 unspecified atom stereocenters. The monoisotopic (exact) mass is 297 g/mol. The van der Waals surface area contributed by atoms with Crippen LogP contribution in [0.2, 0.25) is 0 Å². The molecule has 9 heteroatoms. The number of anilines is 1. The average Bonchev–Trinajstić information content (AvgIpc) is 2.49. The Morgan fingerprint density at radius 2 is 2.05 bits per heavy atom. The van der Waals surface area contributed by atoms with Crippen LogP contribution in [0.1, 0.15) is 0 Å². The number of nitrogens with zero attached hydrogens (tertiary/aromatic N) is 4. The van der Waals surface area contributed by atoms with Crippen LogP contribution >= 0.6 is 12.2 Å². The van der Waals surface area contributed by atoms with Gasteiger partial charge in [0.2, 0.25) is 5.71 Å². The highest BCUT2D eigenvalue weighted by Crippen LogP contribution is 2.23. The van der Waals surface area contributed by atoms with Crippen molar-refractivity contribution >= 4 is 23.6 Å². The molecule has 21 heavy (non-hydrogen) atoms. The summed E-state index contributed by atoms with van der Waals surface area (Å²) in [5, 5.41) is 27.3. The number of rotatable bonds is 3. The smallest absolute Gasteiger partial charge is 0.278 e. The Morgan fingerprint density at radius 3 is 2.71 bits per heavy atom. The van der Waals surface area contributed by atoms with Gasteiger partial charge in [-0.1, -0.05) is 18.2 Å². The van der Waals surface area contributed by atoms with E-state index in [1.807, 2.05) is 0 Å². The van der Waals surface area contributed by atoms with Gasteiger partial charge in [-0.2, -0.15) is 20.7 Å². The highest BCUT2D eigenvalue weighted by molar-refractivity contribution is 7.71. The van der Waals surface area contributed by atoms with Gasteiger partial charge >= 0.3 is 0 Å². The van der Waals surface area contributed by atoms with Gasteiger partial charge in [0.1, 0.15) is 12.1 Å². The standard InChI is InChI=1S/C12H7N7OS/c13-5-7(6-14)16-17-9-4-2-1-3-8(9)10-11(20)15-12(21)19-18-10/h1-4,17H,(H2,15,19,20,21). The van der Waals surface area contributed by atoms with Crippen molar-refractivity contribution in [2.24, 2.45) is 5.10 Å². The fraction of sp³-hybridized carbons (Fsp3) is 0. The second-order valence-corrected chi connectivity index (χ2v) is 4.11. The van der Waals surface area contributed by atoms with Crippen LogP contribution in [0.15, 0.2) is 34.2 Å². The first-order chi connectivity index (χ1) is 10.2. The molecule has 0 bridgehead atoms. The van der Waals surface area contributed by atoms with E-state index in [1.54, 1.807) is 36.4 Å². The predicted molar refractivity (Wildman–Crippen MR) is 77.8 cm³/mol. The molecule has 0 saturated carbocycles. The van der Waals surface area contributed by atoms with Crippen molar-refractivity contribution in [2.45, 2.75) is 0 Å². The quantitative estimate of drug-likeness (QED) is 0.444. The minimum Gasteiger partial charge on any atom is -0.296 e. The van der Waals surface area contributed by atoms with Gasteiger partial charge in [0.05, 0.1) is 5.69 Å². The number of benzene rings is 1. The number of nitriles is 2. The SMILES string of the molecule is N#CC(C#N)=NNc1ccccc1-c1n[nH]c(=S)[nH]c1=O. The van der Waals surface area contributed by atoms with E-state index in [4.69, 9.17) is 22.7 Å². The van der Waals surface area contributed by atoms with Gasteiger partial charge in [-0.05, 0) is 18.3 Å².